The maximum Gasteiger partial charge on any atom is 0.410 e. The van der Waals surface area contributed by atoms with E-state index in [1.54, 1.807) is 30.6 Å². The molecule has 1 fully saturated rings. The van der Waals surface area contributed by atoms with Crippen LogP contribution in [0.2, 0.25) is 0 Å². The summed E-state index contributed by atoms with van der Waals surface area (Å²) in [6, 6.07) is 6.00. The van der Waals surface area contributed by atoms with E-state index < -0.39 is 35.1 Å². The van der Waals surface area contributed by atoms with Gasteiger partial charge in [0.15, 0.2) is 0 Å². The first kappa shape index (κ1) is 41.6. The molecule has 0 atom stereocenters. The number of benzene rings is 1. The van der Waals surface area contributed by atoms with Crippen molar-refractivity contribution in [1.29, 1.82) is 0 Å². The van der Waals surface area contributed by atoms with Crippen LogP contribution in [-0.4, -0.2) is 133 Å². The van der Waals surface area contributed by atoms with E-state index in [0.717, 1.165) is 37.0 Å². The SMILES string of the molecule is CCN(CC)c1ccc(C=O)c(CCCN2CCN(C(=O)OC(C)(C)C)CCN(C(=O)OC(C)(C)C)CCN(C(=O)OC(C)(C)C)CC2)c1. The molecule has 49 heavy (non-hydrogen) atoms. The van der Waals surface area contributed by atoms with Gasteiger partial charge in [-0.25, -0.2) is 14.4 Å². The Kier molecular flexibility index (Phi) is 15.7. The van der Waals surface area contributed by atoms with Crippen molar-refractivity contribution in [2.24, 2.45) is 0 Å². The van der Waals surface area contributed by atoms with Crippen molar-refractivity contribution in [1.82, 2.24) is 19.6 Å². The van der Waals surface area contributed by atoms with E-state index in [2.05, 4.69) is 29.7 Å². The van der Waals surface area contributed by atoms with Crippen LogP contribution in [-0.2, 0) is 20.6 Å². The molecule has 1 aromatic rings. The van der Waals surface area contributed by atoms with Gasteiger partial charge in [0.25, 0.3) is 0 Å². The zero-order chi connectivity index (χ0) is 37.0. The van der Waals surface area contributed by atoms with Gasteiger partial charge in [0.05, 0.1) is 0 Å². The fourth-order valence-corrected chi connectivity index (χ4v) is 5.41. The highest BCUT2D eigenvalue weighted by Crippen LogP contribution is 2.21. The molecule has 0 bridgehead atoms. The lowest BCUT2D eigenvalue weighted by molar-refractivity contribution is 0.00469. The molecular formula is C37H63N5O7. The zero-order valence-corrected chi connectivity index (χ0v) is 32.1. The highest BCUT2D eigenvalue weighted by atomic mass is 16.6. The monoisotopic (exact) mass is 689 g/mol. The molecule has 3 amide bonds. The minimum atomic E-state index is -0.712. The Morgan fingerprint density at radius 3 is 1.41 bits per heavy atom. The fourth-order valence-electron chi connectivity index (χ4n) is 5.41. The summed E-state index contributed by atoms with van der Waals surface area (Å²) >= 11 is 0. The average Bonchev–Trinajstić information content (AvgIpc) is 2.96. The molecule has 2 rings (SSSR count). The van der Waals surface area contributed by atoms with Gasteiger partial charge in [-0.2, -0.15) is 0 Å². The van der Waals surface area contributed by atoms with Gasteiger partial charge >= 0.3 is 18.3 Å². The Morgan fingerprint density at radius 1 is 0.673 bits per heavy atom. The van der Waals surface area contributed by atoms with Crippen LogP contribution in [0.15, 0.2) is 18.2 Å². The van der Waals surface area contributed by atoms with Gasteiger partial charge in [-0.15, -0.1) is 0 Å². The lowest BCUT2D eigenvalue weighted by Crippen LogP contribution is -2.51. The first-order chi connectivity index (χ1) is 22.7. The van der Waals surface area contributed by atoms with E-state index >= 15 is 0 Å². The molecule has 12 nitrogen and oxygen atoms in total. The molecule has 0 N–H and O–H groups in total. The topological polar surface area (TPSA) is 112 Å². The van der Waals surface area contributed by atoms with E-state index in [4.69, 9.17) is 14.2 Å². The quantitative estimate of drug-likeness (QED) is 0.229. The maximum atomic E-state index is 13.4. The predicted molar refractivity (Wildman–Crippen MR) is 194 cm³/mol. The summed E-state index contributed by atoms with van der Waals surface area (Å²) in [4.78, 5) is 61.2. The number of hydrogen-bond donors (Lipinski definition) is 0. The number of nitrogens with zero attached hydrogens (tertiary/aromatic N) is 5. The number of hydrogen-bond acceptors (Lipinski definition) is 9. The van der Waals surface area contributed by atoms with Crippen molar-refractivity contribution in [2.75, 3.05) is 76.9 Å². The first-order valence-electron chi connectivity index (χ1n) is 17.7. The highest BCUT2D eigenvalue weighted by molar-refractivity contribution is 5.78. The minimum absolute atomic E-state index is 0.202. The van der Waals surface area contributed by atoms with Crippen LogP contribution in [0, 0.1) is 0 Å². The molecule has 278 valence electrons. The summed E-state index contributed by atoms with van der Waals surface area (Å²) in [5.41, 5.74) is 0.701. The van der Waals surface area contributed by atoms with Crippen LogP contribution in [0.1, 0.15) is 98.5 Å². The molecule has 1 aromatic carbocycles. The molecule has 1 aliphatic rings. The van der Waals surface area contributed by atoms with Gasteiger partial charge in [0, 0.05) is 76.7 Å². The number of carbonyl (C=O) groups is 4. The van der Waals surface area contributed by atoms with Gasteiger partial charge in [0.2, 0.25) is 0 Å². The van der Waals surface area contributed by atoms with Crippen molar-refractivity contribution in [3.8, 4) is 0 Å². The van der Waals surface area contributed by atoms with E-state index in [-0.39, 0.29) is 26.2 Å². The number of aryl methyl sites for hydroxylation is 1. The molecule has 0 radical (unpaired) electrons. The summed E-state index contributed by atoms with van der Waals surface area (Å²) in [6.45, 7) is 25.7. The molecule has 1 aliphatic heterocycles. The van der Waals surface area contributed by atoms with E-state index in [1.807, 2.05) is 53.7 Å². The largest absolute Gasteiger partial charge is 0.444 e. The van der Waals surface area contributed by atoms with Crippen LogP contribution in [0.3, 0.4) is 0 Å². The third-order valence-electron chi connectivity index (χ3n) is 7.91. The summed E-state index contributed by atoms with van der Waals surface area (Å²) < 4.78 is 17.2. The Hall–Kier alpha value is -3.54. The molecule has 0 aromatic heterocycles. The second-order valence-corrected chi connectivity index (χ2v) is 15.5. The standard InChI is InChI=1S/C37H63N5O7/c1-12-39(13-2)31-17-16-30(28-43)29(27-31)15-14-18-38-19-21-40(32(44)47-35(3,4)5)23-25-42(34(46)49-37(9,10)11)26-24-41(22-20-38)33(45)48-36(6,7)8/h16-17,27-28H,12-15,18-26H2,1-11H3. The third-order valence-corrected chi connectivity index (χ3v) is 7.91. The molecule has 1 saturated heterocycles. The zero-order valence-electron chi connectivity index (χ0n) is 32.1. The molecule has 0 unspecified atom stereocenters. The lowest BCUT2D eigenvalue weighted by Gasteiger charge is -2.35. The van der Waals surface area contributed by atoms with Crippen molar-refractivity contribution >= 4 is 30.3 Å². The van der Waals surface area contributed by atoms with Crippen LogP contribution >= 0.6 is 0 Å². The van der Waals surface area contributed by atoms with Crippen molar-refractivity contribution in [3.05, 3.63) is 29.3 Å². The minimum Gasteiger partial charge on any atom is -0.444 e. The third kappa shape index (κ3) is 15.3. The number of ether oxygens (including phenoxy) is 3. The van der Waals surface area contributed by atoms with Crippen LogP contribution in [0.4, 0.5) is 20.1 Å². The lowest BCUT2D eigenvalue weighted by atomic mass is 10.0. The number of rotatable bonds is 8. The smallest absolute Gasteiger partial charge is 0.410 e. The predicted octanol–water partition coefficient (Wildman–Crippen LogP) is 6.30. The van der Waals surface area contributed by atoms with Crippen LogP contribution < -0.4 is 4.90 Å². The molecule has 12 heteroatoms. The molecule has 0 aliphatic carbocycles. The molecule has 1 heterocycles. The van der Waals surface area contributed by atoms with Gasteiger partial charge in [-0.3, -0.25) is 9.69 Å². The summed E-state index contributed by atoms with van der Waals surface area (Å²) in [6.07, 6.45) is 0.972. The average molecular weight is 690 g/mol. The summed E-state index contributed by atoms with van der Waals surface area (Å²) in [5, 5.41) is 0. The van der Waals surface area contributed by atoms with E-state index in [1.165, 1.54) is 4.90 Å². The van der Waals surface area contributed by atoms with Crippen molar-refractivity contribution in [3.63, 3.8) is 0 Å². The number of amides is 3. The number of aldehydes is 1. The van der Waals surface area contributed by atoms with Gasteiger partial charge in [-0.05, 0) is 119 Å². The first-order valence-corrected chi connectivity index (χ1v) is 17.7. The number of carbonyl (C=O) groups excluding carboxylic acids is 4. The van der Waals surface area contributed by atoms with Crippen LogP contribution in [0.5, 0.6) is 0 Å². The summed E-state index contributed by atoms with van der Waals surface area (Å²) in [7, 11) is 0. The van der Waals surface area contributed by atoms with Crippen molar-refractivity contribution < 1.29 is 33.4 Å². The van der Waals surface area contributed by atoms with Crippen LogP contribution in [0.25, 0.3) is 0 Å². The Bertz CT molecular complexity index is 1190. The Morgan fingerprint density at radius 2 is 1.06 bits per heavy atom. The highest BCUT2D eigenvalue weighted by Gasteiger charge is 2.29. The second-order valence-electron chi connectivity index (χ2n) is 15.5. The maximum absolute atomic E-state index is 13.4. The normalized spacial score (nSPS) is 15.9. The van der Waals surface area contributed by atoms with Gasteiger partial charge in [-0.1, -0.05) is 0 Å². The molecule has 0 spiro atoms. The molecular weight excluding hydrogens is 626 g/mol. The van der Waals surface area contributed by atoms with Gasteiger partial charge < -0.3 is 33.8 Å². The fraction of sp³-hybridized carbons (Fsp3) is 0.730. The van der Waals surface area contributed by atoms with E-state index in [9.17, 15) is 19.2 Å². The Balaban J connectivity index is 2.35. The Labute approximate surface area is 295 Å². The summed E-state index contributed by atoms with van der Waals surface area (Å²) in [5.74, 6) is 0. The second kappa shape index (κ2) is 18.5. The number of anilines is 1. The van der Waals surface area contributed by atoms with Crippen molar-refractivity contribution in [2.45, 2.75) is 106 Å². The molecule has 0 saturated carbocycles. The van der Waals surface area contributed by atoms with E-state index in [0.29, 0.717) is 44.7 Å². The van der Waals surface area contributed by atoms with Gasteiger partial charge in [0.1, 0.15) is 23.1 Å².